The van der Waals surface area contributed by atoms with Crippen LogP contribution in [0.25, 0.3) is 0 Å². The van der Waals surface area contributed by atoms with Crippen LogP contribution in [0.3, 0.4) is 0 Å². The molecule has 1 heterocycles. The fourth-order valence-electron chi connectivity index (χ4n) is 2.79. The van der Waals surface area contributed by atoms with Crippen LogP contribution >= 0.6 is 0 Å². The van der Waals surface area contributed by atoms with Gasteiger partial charge in [0.25, 0.3) is 5.91 Å². The van der Waals surface area contributed by atoms with E-state index in [-0.39, 0.29) is 5.56 Å². The van der Waals surface area contributed by atoms with Gasteiger partial charge in [0.1, 0.15) is 6.04 Å². The maximum atomic E-state index is 13.1. The molecule has 1 fully saturated rings. The summed E-state index contributed by atoms with van der Waals surface area (Å²) in [6, 6.07) is 3.28. The van der Waals surface area contributed by atoms with E-state index in [4.69, 9.17) is 0 Å². The van der Waals surface area contributed by atoms with Gasteiger partial charge < -0.3 is 10.6 Å². The molecule has 6 heteroatoms. The number of carbonyl (C=O) groups is 1. The van der Waals surface area contributed by atoms with Gasteiger partial charge in [0, 0.05) is 18.7 Å². The van der Waals surface area contributed by atoms with Gasteiger partial charge in [0.2, 0.25) is 0 Å². The summed E-state index contributed by atoms with van der Waals surface area (Å²) in [6.07, 6.45) is -3.43. The Balaban J connectivity index is 1.79. The standard InChI is InChI=1S/C15H17F3N2O/c1-14(4-5-14)13(15(16,17)18)20-12(21)9-2-3-10-7-19-8-11(10)6-9/h2-3,6,13,19H,4-5,7-8H2,1H3,(H,20,21)/t13-/m1/s1. The van der Waals surface area contributed by atoms with Crippen molar-refractivity contribution in [2.75, 3.05) is 0 Å². The summed E-state index contributed by atoms with van der Waals surface area (Å²) in [6.45, 7) is 2.95. The molecule has 1 aromatic rings. The van der Waals surface area contributed by atoms with Crippen molar-refractivity contribution in [3.63, 3.8) is 0 Å². The molecule has 0 saturated heterocycles. The fourth-order valence-corrected chi connectivity index (χ4v) is 2.79. The fraction of sp³-hybridized carbons (Fsp3) is 0.533. The molecule has 0 bridgehead atoms. The van der Waals surface area contributed by atoms with Crippen LogP contribution < -0.4 is 10.6 Å². The van der Waals surface area contributed by atoms with E-state index in [1.165, 1.54) is 0 Å². The largest absolute Gasteiger partial charge is 0.409 e. The molecule has 1 aromatic carbocycles. The minimum Gasteiger partial charge on any atom is -0.340 e. The van der Waals surface area contributed by atoms with Crippen LogP contribution in [0.4, 0.5) is 13.2 Å². The maximum absolute atomic E-state index is 13.1. The number of fused-ring (bicyclic) bond motifs is 1. The molecule has 1 aliphatic carbocycles. The number of hydrogen-bond donors (Lipinski definition) is 2. The minimum atomic E-state index is -4.42. The zero-order valence-electron chi connectivity index (χ0n) is 11.7. The predicted molar refractivity (Wildman–Crippen MR) is 71.6 cm³/mol. The Morgan fingerprint density at radius 1 is 1.29 bits per heavy atom. The molecule has 0 spiro atoms. The Morgan fingerprint density at radius 3 is 2.57 bits per heavy atom. The van der Waals surface area contributed by atoms with Gasteiger partial charge in [-0.05, 0) is 41.5 Å². The molecule has 1 amide bonds. The summed E-state index contributed by atoms with van der Waals surface area (Å²) in [5.41, 5.74) is 1.50. The van der Waals surface area contributed by atoms with Crippen LogP contribution in [-0.2, 0) is 13.1 Å². The predicted octanol–water partition coefficient (Wildman–Crippen LogP) is 2.75. The Bertz CT molecular complexity index is 574. The Kier molecular flexibility index (Phi) is 3.24. The molecule has 0 radical (unpaired) electrons. The van der Waals surface area contributed by atoms with Crippen LogP contribution in [0.2, 0.25) is 0 Å². The molecule has 0 aromatic heterocycles. The van der Waals surface area contributed by atoms with Crippen LogP contribution in [0.5, 0.6) is 0 Å². The Morgan fingerprint density at radius 2 is 1.95 bits per heavy atom. The summed E-state index contributed by atoms with van der Waals surface area (Å²) in [5.74, 6) is -0.653. The number of hydrogen-bond acceptors (Lipinski definition) is 2. The number of benzene rings is 1. The van der Waals surface area contributed by atoms with Crippen molar-refractivity contribution >= 4 is 5.91 Å². The van der Waals surface area contributed by atoms with Crippen molar-refractivity contribution in [2.45, 2.75) is 45.1 Å². The maximum Gasteiger partial charge on any atom is 0.409 e. The third kappa shape index (κ3) is 2.77. The van der Waals surface area contributed by atoms with E-state index in [2.05, 4.69) is 10.6 Å². The average molecular weight is 298 g/mol. The van der Waals surface area contributed by atoms with Gasteiger partial charge in [-0.25, -0.2) is 0 Å². The monoisotopic (exact) mass is 298 g/mol. The summed E-state index contributed by atoms with van der Waals surface area (Å²) in [7, 11) is 0. The average Bonchev–Trinajstić information content (AvgIpc) is 2.98. The van der Waals surface area contributed by atoms with Crippen molar-refractivity contribution < 1.29 is 18.0 Å². The molecule has 21 heavy (non-hydrogen) atoms. The molecular weight excluding hydrogens is 281 g/mol. The minimum absolute atomic E-state index is 0.288. The van der Waals surface area contributed by atoms with E-state index in [0.717, 1.165) is 17.7 Å². The topological polar surface area (TPSA) is 41.1 Å². The molecule has 0 unspecified atom stereocenters. The first kappa shape index (κ1) is 14.4. The van der Waals surface area contributed by atoms with Crippen molar-refractivity contribution in [3.05, 3.63) is 34.9 Å². The zero-order valence-corrected chi connectivity index (χ0v) is 11.7. The molecule has 1 saturated carbocycles. The quantitative estimate of drug-likeness (QED) is 0.901. The zero-order chi connectivity index (χ0) is 15.3. The lowest BCUT2D eigenvalue weighted by Gasteiger charge is -2.27. The van der Waals surface area contributed by atoms with Gasteiger partial charge in [0.15, 0.2) is 0 Å². The molecular formula is C15H17F3N2O. The van der Waals surface area contributed by atoms with Gasteiger partial charge >= 0.3 is 6.18 Å². The van der Waals surface area contributed by atoms with E-state index in [0.29, 0.717) is 19.4 Å². The Hall–Kier alpha value is -1.56. The number of rotatable bonds is 3. The molecule has 114 valence electrons. The molecule has 3 nitrogen and oxygen atoms in total. The van der Waals surface area contributed by atoms with Gasteiger partial charge in [0.05, 0.1) is 0 Å². The highest BCUT2D eigenvalue weighted by atomic mass is 19.4. The molecule has 3 rings (SSSR count). The first-order valence-electron chi connectivity index (χ1n) is 7.00. The summed E-state index contributed by atoms with van der Waals surface area (Å²) >= 11 is 0. The lowest BCUT2D eigenvalue weighted by Crippen LogP contribution is -2.50. The Labute approximate surface area is 120 Å². The van der Waals surface area contributed by atoms with Gasteiger partial charge in [-0.3, -0.25) is 4.79 Å². The van der Waals surface area contributed by atoms with Crippen LogP contribution in [0, 0.1) is 5.41 Å². The van der Waals surface area contributed by atoms with Crippen LogP contribution in [0.1, 0.15) is 41.3 Å². The molecule has 1 atom stereocenters. The third-order valence-electron chi connectivity index (χ3n) is 4.44. The SMILES string of the molecule is CC1([C@@H](NC(=O)c2ccc3c(c2)CNC3)C(F)(F)F)CC1. The summed E-state index contributed by atoms with van der Waals surface area (Å²) in [4.78, 5) is 12.1. The van der Waals surface area contributed by atoms with Crippen molar-refractivity contribution in [2.24, 2.45) is 5.41 Å². The first-order chi connectivity index (χ1) is 9.79. The van der Waals surface area contributed by atoms with Gasteiger partial charge in [-0.1, -0.05) is 13.0 Å². The second kappa shape index (κ2) is 4.73. The van der Waals surface area contributed by atoms with Crippen LogP contribution in [0.15, 0.2) is 18.2 Å². The van der Waals surface area contributed by atoms with Crippen molar-refractivity contribution in [3.8, 4) is 0 Å². The second-order valence-corrected chi connectivity index (χ2v) is 6.19. The van der Waals surface area contributed by atoms with Crippen molar-refractivity contribution in [1.82, 2.24) is 10.6 Å². The number of halogens is 3. The van der Waals surface area contributed by atoms with Crippen molar-refractivity contribution in [1.29, 1.82) is 0 Å². The normalized spacial score (nSPS) is 20.8. The van der Waals surface area contributed by atoms with Gasteiger partial charge in [-0.2, -0.15) is 13.2 Å². The van der Waals surface area contributed by atoms with E-state index >= 15 is 0 Å². The number of nitrogens with one attached hydrogen (secondary N) is 2. The van der Waals surface area contributed by atoms with E-state index < -0.39 is 23.5 Å². The van der Waals surface area contributed by atoms with E-state index in [1.807, 2.05) is 0 Å². The smallest absolute Gasteiger partial charge is 0.340 e. The number of carbonyl (C=O) groups excluding carboxylic acids is 1. The van der Waals surface area contributed by atoms with E-state index in [9.17, 15) is 18.0 Å². The molecule has 2 N–H and O–H groups in total. The molecule has 2 aliphatic rings. The highest BCUT2D eigenvalue weighted by molar-refractivity contribution is 5.94. The summed E-state index contributed by atoms with van der Waals surface area (Å²) < 4.78 is 39.4. The lowest BCUT2D eigenvalue weighted by molar-refractivity contribution is -0.167. The first-order valence-corrected chi connectivity index (χ1v) is 7.00. The van der Waals surface area contributed by atoms with Gasteiger partial charge in [-0.15, -0.1) is 0 Å². The summed E-state index contributed by atoms with van der Waals surface area (Å²) in [5, 5.41) is 5.32. The number of amides is 1. The second-order valence-electron chi connectivity index (χ2n) is 6.19. The highest BCUT2D eigenvalue weighted by Crippen LogP contribution is 2.52. The highest BCUT2D eigenvalue weighted by Gasteiger charge is 2.57. The lowest BCUT2D eigenvalue weighted by atomic mass is 9.97. The molecule has 1 aliphatic heterocycles. The number of alkyl halides is 3. The van der Waals surface area contributed by atoms with E-state index in [1.54, 1.807) is 25.1 Å². The third-order valence-corrected chi connectivity index (χ3v) is 4.44. The van der Waals surface area contributed by atoms with Crippen LogP contribution in [-0.4, -0.2) is 18.1 Å².